The largest absolute Gasteiger partial charge is 0.220 e. The van der Waals surface area contributed by atoms with Crippen LogP contribution in [0.15, 0.2) is 36.5 Å². The molecule has 1 nitrogen and oxygen atoms in total. The monoisotopic (exact) mass is 322 g/mol. The number of nitrogens with zero attached hydrogens (tertiary/aromatic N) is 1. The summed E-state index contributed by atoms with van der Waals surface area (Å²) < 4.78 is 16.4. The quantitative estimate of drug-likeness (QED) is 0.547. The first-order chi connectivity index (χ1) is 11.3. The summed E-state index contributed by atoms with van der Waals surface area (Å²) in [6.07, 6.45) is 2.09. The minimum atomic E-state index is -0.0961. The number of hydrogen-bond donors (Lipinski definition) is 0. The topological polar surface area (TPSA) is 3.88 Å². The number of halogens is 1. The van der Waals surface area contributed by atoms with Crippen LogP contribution in [0, 0.1) is 26.6 Å². The van der Waals surface area contributed by atoms with Gasteiger partial charge in [-0.3, -0.25) is 0 Å². The summed E-state index contributed by atoms with van der Waals surface area (Å²) in [6, 6.07) is 10.8. The van der Waals surface area contributed by atoms with E-state index in [4.69, 9.17) is 0 Å². The van der Waals surface area contributed by atoms with Gasteiger partial charge in [0.15, 0.2) is 6.20 Å². The van der Waals surface area contributed by atoms with Crippen LogP contribution < -0.4 is 4.57 Å². The number of aromatic nitrogens is 1. The lowest BCUT2D eigenvalue weighted by Gasteiger charge is -2.13. The molecule has 124 valence electrons. The van der Waals surface area contributed by atoms with Gasteiger partial charge in [-0.25, -0.2) is 8.96 Å². The third kappa shape index (κ3) is 2.60. The summed E-state index contributed by atoms with van der Waals surface area (Å²) in [5, 5.41) is 2.44. The first-order valence-electron chi connectivity index (χ1n) is 8.50. The van der Waals surface area contributed by atoms with Crippen molar-refractivity contribution >= 4 is 10.8 Å². The lowest BCUT2D eigenvalue weighted by atomic mass is 9.92. The standard InChI is InChI=1S/C22H25FN/c1-13(2)17-7-8-19-18(12-17)9-10-24(6)22(19)20-11-14(3)21(23)16(5)15(20)4/h7-13H,1-6H3/q+1. The van der Waals surface area contributed by atoms with Crippen molar-refractivity contribution in [2.24, 2.45) is 7.05 Å². The van der Waals surface area contributed by atoms with E-state index in [2.05, 4.69) is 55.9 Å². The van der Waals surface area contributed by atoms with E-state index in [0.29, 0.717) is 11.5 Å². The molecule has 0 spiro atoms. The van der Waals surface area contributed by atoms with Gasteiger partial charge in [-0.05, 0) is 66.5 Å². The van der Waals surface area contributed by atoms with Crippen LogP contribution in [-0.4, -0.2) is 0 Å². The Balaban J connectivity index is 2.36. The predicted octanol–water partition coefficient (Wildman–Crippen LogP) is 5.52. The van der Waals surface area contributed by atoms with Crippen LogP contribution >= 0.6 is 0 Å². The zero-order valence-corrected chi connectivity index (χ0v) is 15.4. The van der Waals surface area contributed by atoms with E-state index in [1.54, 1.807) is 0 Å². The molecule has 0 N–H and O–H groups in total. The highest BCUT2D eigenvalue weighted by Crippen LogP contribution is 2.32. The molecule has 2 aromatic carbocycles. The molecule has 1 heterocycles. The molecular weight excluding hydrogens is 297 g/mol. The molecule has 3 aromatic rings. The van der Waals surface area contributed by atoms with Crippen molar-refractivity contribution in [3.63, 3.8) is 0 Å². The van der Waals surface area contributed by atoms with Crippen molar-refractivity contribution in [3.8, 4) is 11.3 Å². The Kier molecular flexibility index (Phi) is 4.16. The van der Waals surface area contributed by atoms with Crippen LogP contribution in [0.5, 0.6) is 0 Å². The second-order valence-electron chi connectivity index (χ2n) is 7.08. The van der Waals surface area contributed by atoms with Gasteiger partial charge in [0.1, 0.15) is 12.9 Å². The molecule has 0 radical (unpaired) electrons. The van der Waals surface area contributed by atoms with E-state index in [1.165, 1.54) is 16.3 Å². The van der Waals surface area contributed by atoms with Crippen molar-refractivity contribution in [1.29, 1.82) is 0 Å². The van der Waals surface area contributed by atoms with Gasteiger partial charge < -0.3 is 0 Å². The van der Waals surface area contributed by atoms with E-state index in [0.717, 1.165) is 22.4 Å². The van der Waals surface area contributed by atoms with Crippen LogP contribution in [0.4, 0.5) is 4.39 Å². The molecule has 0 saturated heterocycles. The van der Waals surface area contributed by atoms with Crippen molar-refractivity contribution in [2.75, 3.05) is 0 Å². The summed E-state index contributed by atoms with van der Waals surface area (Å²) in [6.45, 7) is 10.1. The lowest BCUT2D eigenvalue weighted by Crippen LogP contribution is -2.31. The molecule has 24 heavy (non-hydrogen) atoms. The molecule has 0 saturated carbocycles. The van der Waals surface area contributed by atoms with Crippen molar-refractivity contribution in [2.45, 2.75) is 40.5 Å². The third-order valence-electron chi connectivity index (χ3n) is 5.09. The van der Waals surface area contributed by atoms with Gasteiger partial charge in [-0.1, -0.05) is 26.0 Å². The highest BCUT2D eigenvalue weighted by molar-refractivity contribution is 5.94. The number of pyridine rings is 1. The average molecular weight is 322 g/mol. The molecule has 0 bridgehead atoms. The zero-order valence-electron chi connectivity index (χ0n) is 15.4. The van der Waals surface area contributed by atoms with Gasteiger partial charge in [-0.2, -0.15) is 0 Å². The van der Waals surface area contributed by atoms with E-state index < -0.39 is 0 Å². The molecule has 2 heteroatoms. The molecule has 0 aliphatic carbocycles. The fourth-order valence-electron chi connectivity index (χ4n) is 3.38. The molecule has 0 unspecified atom stereocenters. The molecule has 0 aliphatic heterocycles. The van der Waals surface area contributed by atoms with Crippen LogP contribution in [0.25, 0.3) is 22.0 Å². The number of fused-ring (bicyclic) bond motifs is 1. The van der Waals surface area contributed by atoms with E-state index in [9.17, 15) is 4.39 Å². The number of rotatable bonds is 2. The fraction of sp³-hybridized carbons (Fsp3) is 0.318. The van der Waals surface area contributed by atoms with E-state index in [-0.39, 0.29) is 5.82 Å². The maximum atomic E-state index is 14.2. The zero-order chi connectivity index (χ0) is 17.6. The number of benzene rings is 2. The average Bonchev–Trinajstić information content (AvgIpc) is 2.56. The van der Waals surface area contributed by atoms with Crippen LogP contribution in [0.1, 0.15) is 42.0 Å². The highest BCUT2D eigenvalue weighted by Gasteiger charge is 2.20. The summed E-state index contributed by atoms with van der Waals surface area (Å²) in [7, 11) is 2.05. The van der Waals surface area contributed by atoms with E-state index >= 15 is 0 Å². The Morgan fingerprint density at radius 1 is 0.958 bits per heavy atom. The molecule has 0 aliphatic rings. The molecule has 0 atom stereocenters. The first-order valence-corrected chi connectivity index (χ1v) is 8.50. The highest BCUT2D eigenvalue weighted by atomic mass is 19.1. The van der Waals surface area contributed by atoms with Crippen LogP contribution in [0.2, 0.25) is 0 Å². The Morgan fingerprint density at radius 2 is 1.67 bits per heavy atom. The van der Waals surface area contributed by atoms with Gasteiger partial charge in [-0.15, -0.1) is 0 Å². The summed E-state index contributed by atoms with van der Waals surface area (Å²) in [4.78, 5) is 0. The lowest BCUT2D eigenvalue weighted by molar-refractivity contribution is -0.659. The molecular formula is C22H25FN+. The van der Waals surface area contributed by atoms with Crippen molar-refractivity contribution in [1.82, 2.24) is 0 Å². The van der Waals surface area contributed by atoms with Gasteiger partial charge in [0.2, 0.25) is 5.69 Å². The smallest absolute Gasteiger partial charge is 0.206 e. The minimum absolute atomic E-state index is 0.0961. The second kappa shape index (κ2) is 6.01. The maximum absolute atomic E-state index is 14.2. The molecule has 0 fully saturated rings. The maximum Gasteiger partial charge on any atom is 0.220 e. The second-order valence-corrected chi connectivity index (χ2v) is 7.08. The normalized spacial score (nSPS) is 11.5. The number of aryl methyl sites for hydroxylation is 2. The van der Waals surface area contributed by atoms with Gasteiger partial charge >= 0.3 is 0 Å². The Labute approximate surface area is 143 Å². The van der Waals surface area contributed by atoms with Crippen molar-refractivity contribution in [3.05, 3.63) is 64.6 Å². The summed E-state index contributed by atoms with van der Waals surface area (Å²) >= 11 is 0. The summed E-state index contributed by atoms with van der Waals surface area (Å²) in [5.74, 6) is 0.407. The molecule has 0 amide bonds. The summed E-state index contributed by atoms with van der Waals surface area (Å²) in [5.41, 5.74) is 6.03. The van der Waals surface area contributed by atoms with Crippen molar-refractivity contribution < 1.29 is 8.96 Å². The molecule has 3 rings (SSSR count). The molecule has 1 aromatic heterocycles. The SMILES string of the molecule is Cc1cc(-c2c3ccc(C(C)C)cc3cc[n+]2C)c(C)c(C)c1F. The van der Waals surface area contributed by atoms with E-state index in [1.807, 2.05) is 26.8 Å². The Bertz CT molecular complexity index is 939. The minimum Gasteiger partial charge on any atom is -0.206 e. The van der Waals surface area contributed by atoms with Crippen LogP contribution in [-0.2, 0) is 7.05 Å². The Hall–Kier alpha value is -2.22. The predicted molar refractivity (Wildman–Crippen MR) is 98.8 cm³/mol. The van der Waals surface area contributed by atoms with Crippen LogP contribution in [0.3, 0.4) is 0 Å². The van der Waals surface area contributed by atoms with Gasteiger partial charge in [0.25, 0.3) is 0 Å². The van der Waals surface area contributed by atoms with Gasteiger partial charge in [0, 0.05) is 6.07 Å². The fourth-order valence-corrected chi connectivity index (χ4v) is 3.38. The first kappa shape index (κ1) is 16.6. The Morgan fingerprint density at radius 3 is 2.33 bits per heavy atom. The van der Waals surface area contributed by atoms with Gasteiger partial charge in [0.05, 0.1) is 10.9 Å². The third-order valence-corrected chi connectivity index (χ3v) is 5.09. The number of hydrogen-bond acceptors (Lipinski definition) is 0.